The lowest BCUT2D eigenvalue weighted by atomic mass is 10.0. The van der Waals surface area contributed by atoms with E-state index in [9.17, 15) is 9.59 Å². The number of amides is 2. The van der Waals surface area contributed by atoms with Crippen LogP contribution in [0.5, 0.6) is 0 Å². The SMILES string of the molecule is CCCN(C(=O)c1oc2ccccc2c1COC)C1CCN(C(=O)c2ccccc2)CC1. The Kier molecular flexibility index (Phi) is 6.90. The number of hydrogen-bond donors (Lipinski definition) is 0. The second-order valence-electron chi connectivity index (χ2n) is 8.23. The van der Waals surface area contributed by atoms with E-state index in [0.29, 0.717) is 43.1 Å². The first-order valence-electron chi connectivity index (χ1n) is 11.3. The number of rotatable bonds is 7. The zero-order chi connectivity index (χ0) is 22.5. The molecule has 4 rings (SSSR count). The zero-order valence-electron chi connectivity index (χ0n) is 18.8. The Hall–Kier alpha value is -3.12. The number of furan rings is 1. The molecule has 1 saturated heterocycles. The fourth-order valence-electron chi connectivity index (χ4n) is 4.52. The largest absolute Gasteiger partial charge is 0.451 e. The van der Waals surface area contributed by atoms with Crippen molar-refractivity contribution in [2.75, 3.05) is 26.7 Å². The normalized spacial score (nSPS) is 14.6. The van der Waals surface area contributed by atoms with Crippen molar-refractivity contribution < 1.29 is 18.7 Å². The van der Waals surface area contributed by atoms with Crippen molar-refractivity contribution in [3.63, 3.8) is 0 Å². The summed E-state index contributed by atoms with van der Waals surface area (Å²) in [5, 5.41) is 0.914. The van der Waals surface area contributed by atoms with E-state index in [1.807, 2.05) is 64.4 Å². The van der Waals surface area contributed by atoms with Crippen LogP contribution in [-0.2, 0) is 11.3 Å². The Labute approximate surface area is 188 Å². The van der Waals surface area contributed by atoms with Crippen LogP contribution in [0.2, 0.25) is 0 Å². The predicted molar refractivity (Wildman–Crippen MR) is 124 cm³/mol. The molecule has 0 atom stereocenters. The van der Waals surface area contributed by atoms with E-state index >= 15 is 0 Å². The molecule has 6 nitrogen and oxygen atoms in total. The van der Waals surface area contributed by atoms with E-state index in [2.05, 4.69) is 6.92 Å². The maximum Gasteiger partial charge on any atom is 0.290 e. The van der Waals surface area contributed by atoms with Crippen LogP contribution in [0.15, 0.2) is 59.0 Å². The van der Waals surface area contributed by atoms with Gasteiger partial charge in [0.15, 0.2) is 5.76 Å². The average Bonchev–Trinajstić information content (AvgIpc) is 3.21. The minimum absolute atomic E-state index is 0.0529. The molecule has 0 spiro atoms. The molecule has 3 aromatic rings. The highest BCUT2D eigenvalue weighted by atomic mass is 16.5. The first kappa shape index (κ1) is 22.1. The van der Waals surface area contributed by atoms with Crippen LogP contribution in [-0.4, -0.2) is 54.4 Å². The maximum atomic E-state index is 13.6. The third-order valence-electron chi connectivity index (χ3n) is 6.12. The smallest absolute Gasteiger partial charge is 0.290 e. The van der Waals surface area contributed by atoms with Crippen molar-refractivity contribution in [2.45, 2.75) is 38.8 Å². The van der Waals surface area contributed by atoms with Crippen LogP contribution in [0.1, 0.15) is 52.7 Å². The lowest BCUT2D eigenvalue weighted by Gasteiger charge is -2.38. The fourth-order valence-corrected chi connectivity index (χ4v) is 4.52. The molecule has 0 saturated carbocycles. The van der Waals surface area contributed by atoms with Crippen LogP contribution in [0.4, 0.5) is 0 Å². The van der Waals surface area contributed by atoms with Crippen molar-refractivity contribution in [1.29, 1.82) is 0 Å². The molecule has 32 heavy (non-hydrogen) atoms. The minimum Gasteiger partial charge on any atom is -0.451 e. The Morgan fingerprint density at radius 1 is 1.06 bits per heavy atom. The molecule has 0 N–H and O–H groups in total. The van der Waals surface area contributed by atoms with Crippen LogP contribution in [0.25, 0.3) is 11.0 Å². The number of piperidine rings is 1. The number of hydrogen-bond acceptors (Lipinski definition) is 4. The molecule has 2 amide bonds. The lowest BCUT2D eigenvalue weighted by Crippen LogP contribution is -2.49. The summed E-state index contributed by atoms with van der Waals surface area (Å²) in [4.78, 5) is 30.2. The molecule has 1 aromatic heterocycles. The molecule has 1 fully saturated rings. The van der Waals surface area contributed by atoms with Gasteiger partial charge in [-0.15, -0.1) is 0 Å². The number of carbonyl (C=O) groups excluding carboxylic acids is 2. The van der Waals surface area contributed by atoms with Gasteiger partial charge in [-0.3, -0.25) is 9.59 Å². The Balaban J connectivity index is 1.52. The number of ether oxygens (including phenoxy) is 1. The number of fused-ring (bicyclic) bond motifs is 1. The first-order chi connectivity index (χ1) is 15.6. The van der Waals surface area contributed by atoms with E-state index in [0.717, 1.165) is 30.2 Å². The molecular formula is C26H30N2O4. The highest BCUT2D eigenvalue weighted by Gasteiger charge is 2.33. The Bertz CT molecular complexity index is 1070. The summed E-state index contributed by atoms with van der Waals surface area (Å²) in [7, 11) is 1.62. The summed E-state index contributed by atoms with van der Waals surface area (Å²) < 4.78 is 11.4. The number of likely N-dealkylation sites (tertiary alicyclic amines) is 1. The van der Waals surface area contributed by atoms with Gasteiger partial charge in [0.2, 0.25) is 0 Å². The molecule has 2 aromatic carbocycles. The standard InChI is InChI=1S/C26H30N2O4/c1-3-15-28(20-13-16-27(17-14-20)25(29)19-9-5-4-6-10-19)26(30)24-22(18-31-2)21-11-7-8-12-23(21)32-24/h4-12,20H,3,13-18H2,1-2H3. The van der Waals surface area contributed by atoms with Gasteiger partial charge in [-0.25, -0.2) is 0 Å². The van der Waals surface area contributed by atoms with Gasteiger partial charge in [-0.2, -0.15) is 0 Å². The summed E-state index contributed by atoms with van der Waals surface area (Å²) in [5.74, 6) is 0.323. The highest BCUT2D eigenvalue weighted by Crippen LogP contribution is 2.29. The van der Waals surface area contributed by atoms with E-state index < -0.39 is 0 Å². The fraction of sp³-hybridized carbons (Fsp3) is 0.385. The van der Waals surface area contributed by atoms with E-state index in [1.165, 1.54) is 0 Å². The van der Waals surface area contributed by atoms with E-state index in [1.54, 1.807) is 7.11 Å². The molecule has 168 valence electrons. The molecular weight excluding hydrogens is 404 g/mol. The molecule has 0 unspecified atom stereocenters. The molecule has 0 aliphatic carbocycles. The highest BCUT2D eigenvalue weighted by molar-refractivity contribution is 5.99. The maximum absolute atomic E-state index is 13.6. The minimum atomic E-state index is -0.0945. The first-order valence-corrected chi connectivity index (χ1v) is 11.3. The van der Waals surface area contributed by atoms with Gasteiger partial charge < -0.3 is 19.0 Å². The van der Waals surface area contributed by atoms with Gasteiger partial charge in [0.05, 0.1) is 6.61 Å². The molecule has 2 heterocycles. The lowest BCUT2D eigenvalue weighted by molar-refractivity contribution is 0.0496. The monoisotopic (exact) mass is 434 g/mol. The summed E-state index contributed by atoms with van der Waals surface area (Å²) >= 11 is 0. The number of para-hydroxylation sites is 1. The van der Waals surface area contributed by atoms with Gasteiger partial charge in [-0.05, 0) is 37.5 Å². The van der Waals surface area contributed by atoms with Crippen molar-refractivity contribution in [3.8, 4) is 0 Å². The van der Waals surface area contributed by atoms with Crippen molar-refractivity contribution in [3.05, 3.63) is 71.5 Å². The van der Waals surface area contributed by atoms with Gasteiger partial charge in [0, 0.05) is 49.3 Å². The van der Waals surface area contributed by atoms with Gasteiger partial charge in [0.25, 0.3) is 11.8 Å². The Morgan fingerprint density at radius 2 is 1.75 bits per heavy atom. The van der Waals surface area contributed by atoms with Gasteiger partial charge in [-0.1, -0.05) is 43.3 Å². The molecule has 1 aliphatic heterocycles. The quantitative estimate of drug-likeness (QED) is 0.539. The third-order valence-corrected chi connectivity index (χ3v) is 6.12. The third kappa shape index (κ3) is 4.41. The molecule has 0 radical (unpaired) electrons. The van der Waals surface area contributed by atoms with Crippen molar-refractivity contribution >= 4 is 22.8 Å². The van der Waals surface area contributed by atoms with Gasteiger partial charge in [0.1, 0.15) is 5.58 Å². The molecule has 6 heteroatoms. The van der Waals surface area contributed by atoms with Crippen LogP contribution in [0, 0.1) is 0 Å². The number of carbonyl (C=O) groups is 2. The summed E-state index contributed by atoms with van der Waals surface area (Å²) in [6.45, 7) is 4.32. The van der Waals surface area contributed by atoms with Crippen LogP contribution >= 0.6 is 0 Å². The van der Waals surface area contributed by atoms with Crippen LogP contribution < -0.4 is 0 Å². The predicted octanol–water partition coefficient (Wildman–Crippen LogP) is 4.74. The second kappa shape index (κ2) is 10.0. The number of benzene rings is 2. The molecule has 0 bridgehead atoms. The van der Waals surface area contributed by atoms with Gasteiger partial charge >= 0.3 is 0 Å². The Morgan fingerprint density at radius 3 is 2.44 bits per heavy atom. The van der Waals surface area contributed by atoms with E-state index in [4.69, 9.17) is 9.15 Å². The molecule has 1 aliphatic rings. The summed E-state index contributed by atoms with van der Waals surface area (Å²) in [5.41, 5.74) is 2.20. The van der Waals surface area contributed by atoms with Crippen molar-refractivity contribution in [2.24, 2.45) is 0 Å². The average molecular weight is 435 g/mol. The van der Waals surface area contributed by atoms with E-state index in [-0.39, 0.29) is 17.9 Å². The number of methoxy groups -OCH3 is 1. The van der Waals surface area contributed by atoms with Crippen molar-refractivity contribution in [1.82, 2.24) is 9.80 Å². The zero-order valence-corrected chi connectivity index (χ0v) is 18.8. The topological polar surface area (TPSA) is 63.0 Å². The number of nitrogens with zero attached hydrogens (tertiary/aromatic N) is 2. The second-order valence-corrected chi connectivity index (χ2v) is 8.23. The van der Waals surface area contributed by atoms with Crippen LogP contribution in [0.3, 0.4) is 0 Å². The summed E-state index contributed by atoms with van der Waals surface area (Å²) in [6, 6.07) is 17.1. The summed E-state index contributed by atoms with van der Waals surface area (Å²) in [6.07, 6.45) is 2.36.